The van der Waals surface area contributed by atoms with Crippen molar-refractivity contribution in [3.05, 3.63) is 0 Å². The molecule has 2 heteroatoms. The quantitative estimate of drug-likeness (QED) is 0.555. The van der Waals surface area contributed by atoms with E-state index in [4.69, 9.17) is 11.6 Å². The molecule has 2 bridgehead atoms. The molecule has 2 saturated carbocycles. The maximum Gasteiger partial charge on any atom is 0.154 e. The molecule has 11 heavy (non-hydrogen) atoms. The van der Waals surface area contributed by atoms with Crippen LogP contribution in [0.5, 0.6) is 0 Å². The zero-order chi connectivity index (χ0) is 8.01. The molecular formula is C9H13ClO. The monoisotopic (exact) mass is 172 g/mol. The lowest BCUT2D eigenvalue weighted by atomic mass is 9.86. The molecule has 0 saturated heterocycles. The van der Waals surface area contributed by atoms with Crippen molar-refractivity contribution in [1.82, 2.24) is 0 Å². The maximum absolute atomic E-state index is 11.3. The Kier molecular flexibility index (Phi) is 1.71. The van der Waals surface area contributed by atoms with E-state index in [0.29, 0.717) is 17.6 Å². The number of fused-ring (bicyclic) bond motifs is 2. The number of carbonyl (C=O) groups is 1. The number of hydrogen-bond donors (Lipinski definition) is 0. The highest BCUT2D eigenvalue weighted by Gasteiger charge is 2.50. The van der Waals surface area contributed by atoms with Gasteiger partial charge in [-0.1, -0.05) is 13.3 Å². The Bertz CT molecular complexity index is 184. The topological polar surface area (TPSA) is 17.1 Å². The van der Waals surface area contributed by atoms with Crippen LogP contribution in [0.3, 0.4) is 0 Å². The van der Waals surface area contributed by atoms with Gasteiger partial charge in [0, 0.05) is 5.92 Å². The van der Waals surface area contributed by atoms with E-state index in [-0.39, 0.29) is 5.38 Å². The van der Waals surface area contributed by atoms with Gasteiger partial charge in [-0.3, -0.25) is 4.79 Å². The minimum atomic E-state index is -0.140. The summed E-state index contributed by atoms with van der Waals surface area (Å²) in [6.07, 6.45) is 3.38. The molecule has 0 aromatic carbocycles. The molecule has 2 rings (SSSR count). The van der Waals surface area contributed by atoms with Crippen molar-refractivity contribution in [3.8, 4) is 0 Å². The van der Waals surface area contributed by atoms with E-state index in [1.54, 1.807) is 0 Å². The van der Waals surface area contributed by atoms with E-state index in [1.807, 2.05) is 0 Å². The molecule has 1 nitrogen and oxygen atoms in total. The number of halogens is 1. The highest BCUT2D eigenvalue weighted by Crippen LogP contribution is 2.49. The maximum atomic E-state index is 11.3. The van der Waals surface area contributed by atoms with Crippen molar-refractivity contribution in [1.29, 1.82) is 0 Å². The third-order valence-electron chi connectivity index (χ3n) is 3.32. The molecule has 62 valence electrons. The fourth-order valence-electron chi connectivity index (χ4n) is 2.65. The zero-order valence-corrected chi connectivity index (χ0v) is 7.47. The Morgan fingerprint density at radius 3 is 2.73 bits per heavy atom. The molecular weight excluding hydrogens is 160 g/mol. The summed E-state index contributed by atoms with van der Waals surface area (Å²) in [6.45, 7) is 2.19. The summed E-state index contributed by atoms with van der Waals surface area (Å²) >= 11 is 5.98. The van der Waals surface area contributed by atoms with Gasteiger partial charge in [-0.2, -0.15) is 0 Å². The van der Waals surface area contributed by atoms with Crippen LogP contribution in [0.2, 0.25) is 0 Å². The fourth-order valence-corrected chi connectivity index (χ4v) is 3.14. The van der Waals surface area contributed by atoms with Crippen molar-refractivity contribution < 1.29 is 4.79 Å². The Morgan fingerprint density at radius 2 is 2.27 bits per heavy atom. The van der Waals surface area contributed by atoms with Crippen LogP contribution in [0.25, 0.3) is 0 Å². The molecule has 0 amide bonds. The van der Waals surface area contributed by atoms with Gasteiger partial charge in [-0.25, -0.2) is 0 Å². The van der Waals surface area contributed by atoms with Crippen LogP contribution in [0.4, 0.5) is 0 Å². The predicted octanol–water partition coefficient (Wildman–Crippen LogP) is 2.23. The summed E-state index contributed by atoms with van der Waals surface area (Å²) in [7, 11) is 0. The number of rotatable bonds is 1. The average molecular weight is 173 g/mol. The molecule has 2 aliphatic rings. The smallest absolute Gasteiger partial charge is 0.154 e. The first-order chi connectivity index (χ1) is 5.24. The van der Waals surface area contributed by atoms with Gasteiger partial charge in [-0.15, -0.1) is 11.6 Å². The van der Waals surface area contributed by atoms with Gasteiger partial charge >= 0.3 is 0 Å². The number of hydrogen-bond acceptors (Lipinski definition) is 1. The summed E-state index contributed by atoms with van der Waals surface area (Å²) in [5, 5.41) is -0.140. The molecule has 0 N–H and O–H groups in total. The van der Waals surface area contributed by atoms with Crippen LogP contribution in [-0.2, 0) is 4.79 Å². The van der Waals surface area contributed by atoms with E-state index in [2.05, 4.69) is 6.92 Å². The van der Waals surface area contributed by atoms with Crippen molar-refractivity contribution in [2.45, 2.75) is 31.6 Å². The summed E-state index contributed by atoms with van der Waals surface area (Å²) < 4.78 is 0. The normalized spacial score (nSPS) is 48.7. The lowest BCUT2D eigenvalue weighted by Crippen LogP contribution is -2.28. The van der Waals surface area contributed by atoms with Gasteiger partial charge < -0.3 is 0 Å². The molecule has 0 spiro atoms. The Labute approximate surface area is 72.1 Å². The van der Waals surface area contributed by atoms with Gasteiger partial charge in [0.2, 0.25) is 0 Å². The lowest BCUT2D eigenvalue weighted by Gasteiger charge is -2.22. The van der Waals surface area contributed by atoms with Crippen LogP contribution < -0.4 is 0 Å². The summed E-state index contributed by atoms with van der Waals surface area (Å²) in [5.74, 6) is 1.90. The molecule has 0 aromatic heterocycles. The van der Waals surface area contributed by atoms with Gasteiger partial charge in [0.05, 0.1) is 5.38 Å². The second-order valence-electron chi connectivity index (χ2n) is 3.80. The standard InChI is InChI=1S/C9H13ClO/c1-2-5-3-6-4-7(5)8(10)9(6)11/h5-8H,2-4H2,1H3/t5-,6+,7+,8-/m0/s1. The summed E-state index contributed by atoms with van der Waals surface area (Å²) in [4.78, 5) is 11.3. The Morgan fingerprint density at radius 1 is 1.55 bits per heavy atom. The van der Waals surface area contributed by atoms with E-state index >= 15 is 0 Å². The van der Waals surface area contributed by atoms with Crippen molar-refractivity contribution in [2.24, 2.45) is 17.8 Å². The van der Waals surface area contributed by atoms with Crippen LogP contribution in [-0.4, -0.2) is 11.2 Å². The SMILES string of the molecule is CC[C@H]1C[C@@H]2C[C@H]1[C@H](Cl)C2=O. The van der Waals surface area contributed by atoms with E-state index in [1.165, 1.54) is 6.42 Å². The number of carbonyl (C=O) groups excluding carboxylic acids is 1. The van der Waals surface area contributed by atoms with Crippen LogP contribution in [0, 0.1) is 17.8 Å². The molecule has 0 aromatic rings. The second-order valence-corrected chi connectivity index (χ2v) is 4.27. The molecule has 2 fully saturated rings. The van der Waals surface area contributed by atoms with Crippen molar-refractivity contribution in [2.75, 3.05) is 0 Å². The third-order valence-corrected chi connectivity index (χ3v) is 3.86. The highest BCUT2D eigenvalue weighted by atomic mass is 35.5. The average Bonchev–Trinajstić information content (AvgIpc) is 2.53. The van der Waals surface area contributed by atoms with Gasteiger partial charge in [0.25, 0.3) is 0 Å². The van der Waals surface area contributed by atoms with E-state index in [0.717, 1.165) is 18.8 Å². The fraction of sp³-hybridized carbons (Fsp3) is 0.889. The first-order valence-corrected chi connectivity index (χ1v) is 4.85. The first kappa shape index (κ1) is 7.60. The van der Waals surface area contributed by atoms with E-state index < -0.39 is 0 Å². The highest BCUT2D eigenvalue weighted by molar-refractivity contribution is 6.32. The second kappa shape index (κ2) is 2.48. The zero-order valence-electron chi connectivity index (χ0n) is 6.72. The number of ketones is 1. The Balaban J connectivity index is 2.16. The van der Waals surface area contributed by atoms with E-state index in [9.17, 15) is 4.79 Å². The Hall–Kier alpha value is -0.0400. The van der Waals surface area contributed by atoms with Gasteiger partial charge in [0.15, 0.2) is 5.78 Å². The largest absolute Gasteiger partial charge is 0.298 e. The lowest BCUT2D eigenvalue weighted by molar-refractivity contribution is -0.122. The van der Waals surface area contributed by atoms with Crippen LogP contribution in [0.15, 0.2) is 0 Å². The summed E-state index contributed by atoms with van der Waals surface area (Å²) in [5.41, 5.74) is 0. The van der Waals surface area contributed by atoms with Crippen LogP contribution in [0.1, 0.15) is 26.2 Å². The van der Waals surface area contributed by atoms with Gasteiger partial charge in [0.1, 0.15) is 0 Å². The minimum Gasteiger partial charge on any atom is -0.298 e. The molecule has 2 aliphatic carbocycles. The van der Waals surface area contributed by atoms with Crippen molar-refractivity contribution in [3.63, 3.8) is 0 Å². The number of Topliss-reactive ketones (excluding diaryl/α,β-unsaturated/α-hetero) is 1. The molecule has 0 heterocycles. The molecule has 4 atom stereocenters. The predicted molar refractivity (Wildman–Crippen MR) is 44.6 cm³/mol. The molecule has 0 unspecified atom stereocenters. The molecule has 0 aliphatic heterocycles. The van der Waals surface area contributed by atoms with Gasteiger partial charge in [-0.05, 0) is 24.7 Å². The number of alkyl halides is 1. The van der Waals surface area contributed by atoms with Crippen molar-refractivity contribution >= 4 is 17.4 Å². The minimum absolute atomic E-state index is 0.140. The molecule has 0 radical (unpaired) electrons. The summed E-state index contributed by atoms with van der Waals surface area (Å²) in [6, 6.07) is 0. The third kappa shape index (κ3) is 0.936. The van der Waals surface area contributed by atoms with Crippen LogP contribution >= 0.6 is 11.6 Å². The first-order valence-electron chi connectivity index (χ1n) is 4.41.